The molecule has 3 aromatic rings. The Balaban J connectivity index is 1.51. The Kier molecular flexibility index (Phi) is 5.81. The molecule has 1 atom stereocenters. The van der Waals surface area contributed by atoms with E-state index in [9.17, 15) is 14.4 Å². The monoisotopic (exact) mass is 406 g/mol. The van der Waals surface area contributed by atoms with Gasteiger partial charge in [-0.05, 0) is 24.1 Å². The van der Waals surface area contributed by atoms with Crippen LogP contribution in [0.25, 0.3) is 10.9 Å². The van der Waals surface area contributed by atoms with Gasteiger partial charge >= 0.3 is 5.69 Å². The molecule has 30 heavy (non-hydrogen) atoms. The van der Waals surface area contributed by atoms with Gasteiger partial charge in [0.1, 0.15) is 6.04 Å². The molecule has 1 aliphatic heterocycles. The van der Waals surface area contributed by atoms with Crippen molar-refractivity contribution < 1.29 is 4.79 Å². The second-order valence-electron chi connectivity index (χ2n) is 7.66. The predicted molar refractivity (Wildman–Crippen MR) is 116 cm³/mol. The Morgan fingerprint density at radius 2 is 1.63 bits per heavy atom. The highest BCUT2D eigenvalue weighted by Crippen LogP contribution is 2.16. The number of H-pyrrole nitrogens is 1. The average molecular weight is 406 g/mol. The minimum atomic E-state index is -0.800. The number of benzene rings is 2. The van der Waals surface area contributed by atoms with Crippen LogP contribution >= 0.6 is 0 Å². The summed E-state index contributed by atoms with van der Waals surface area (Å²) in [5.74, 6) is -0.167. The first-order valence-corrected chi connectivity index (χ1v) is 10.4. The fourth-order valence-corrected chi connectivity index (χ4v) is 4.11. The zero-order valence-corrected chi connectivity index (χ0v) is 17.1. The summed E-state index contributed by atoms with van der Waals surface area (Å²) in [4.78, 5) is 45.6. The number of aromatic amines is 1. The molecule has 1 amide bonds. The van der Waals surface area contributed by atoms with Crippen molar-refractivity contribution in [1.82, 2.24) is 19.4 Å². The number of nitrogens with one attached hydrogen (secondary N) is 1. The molecule has 1 aliphatic rings. The Morgan fingerprint density at radius 1 is 0.967 bits per heavy atom. The third-order valence-electron chi connectivity index (χ3n) is 5.75. The van der Waals surface area contributed by atoms with Gasteiger partial charge in [-0.2, -0.15) is 0 Å². The minimum Gasteiger partial charge on any atom is -0.338 e. The smallest absolute Gasteiger partial charge is 0.329 e. The van der Waals surface area contributed by atoms with E-state index in [4.69, 9.17) is 0 Å². The number of fused-ring (bicyclic) bond motifs is 1. The number of carbonyl (C=O) groups excluding carboxylic acids is 1. The van der Waals surface area contributed by atoms with Crippen molar-refractivity contribution in [2.24, 2.45) is 0 Å². The van der Waals surface area contributed by atoms with Crippen LogP contribution in [0.2, 0.25) is 0 Å². The van der Waals surface area contributed by atoms with Crippen LogP contribution in [-0.2, 0) is 11.3 Å². The van der Waals surface area contributed by atoms with Crippen LogP contribution in [0.15, 0.2) is 64.2 Å². The van der Waals surface area contributed by atoms with Crippen LogP contribution in [0, 0.1) is 0 Å². The van der Waals surface area contributed by atoms with Gasteiger partial charge in [0, 0.05) is 32.7 Å². The van der Waals surface area contributed by atoms with Crippen molar-refractivity contribution in [2.75, 3.05) is 26.2 Å². The fraction of sp³-hybridized carbons (Fsp3) is 0.348. The van der Waals surface area contributed by atoms with E-state index in [0.717, 1.165) is 24.2 Å². The highest BCUT2D eigenvalue weighted by atomic mass is 16.2. The van der Waals surface area contributed by atoms with E-state index in [1.807, 2.05) is 25.1 Å². The van der Waals surface area contributed by atoms with E-state index in [1.54, 1.807) is 29.2 Å². The maximum Gasteiger partial charge on any atom is 0.329 e. The van der Waals surface area contributed by atoms with Gasteiger partial charge < -0.3 is 9.88 Å². The predicted octanol–water partition coefficient (Wildman–Crippen LogP) is 1.99. The summed E-state index contributed by atoms with van der Waals surface area (Å²) in [5, 5.41) is 0.413. The van der Waals surface area contributed by atoms with Gasteiger partial charge in [-0.25, -0.2) is 9.36 Å². The van der Waals surface area contributed by atoms with Crippen LogP contribution in [0.5, 0.6) is 0 Å². The lowest BCUT2D eigenvalue weighted by atomic mass is 10.1. The number of hydrogen-bond donors (Lipinski definition) is 1. The first kappa shape index (κ1) is 20.1. The number of hydrogen-bond acceptors (Lipinski definition) is 4. The summed E-state index contributed by atoms with van der Waals surface area (Å²) in [6.45, 7) is 5.38. The maximum absolute atomic E-state index is 13.2. The average Bonchev–Trinajstić information content (AvgIpc) is 2.77. The van der Waals surface area contributed by atoms with Gasteiger partial charge in [0.2, 0.25) is 5.91 Å². The molecule has 0 aliphatic carbocycles. The van der Waals surface area contributed by atoms with E-state index < -0.39 is 17.3 Å². The quantitative estimate of drug-likeness (QED) is 0.703. The number of para-hydroxylation sites is 1. The Morgan fingerprint density at radius 3 is 2.33 bits per heavy atom. The Bertz CT molecular complexity index is 1140. The van der Waals surface area contributed by atoms with Crippen LogP contribution in [0.1, 0.15) is 24.9 Å². The normalized spacial score (nSPS) is 16.0. The van der Waals surface area contributed by atoms with Gasteiger partial charge in [0.25, 0.3) is 5.56 Å². The van der Waals surface area contributed by atoms with Crippen LogP contribution in [0.3, 0.4) is 0 Å². The fourth-order valence-electron chi connectivity index (χ4n) is 4.11. The number of amides is 1. The SMILES string of the molecule is CCC(C(=O)N1CCN(Cc2ccccc2)CC1)n1c(=O)[nH]c2ccccc2c1=O. The van der Waals surface area contributed by atoms with Gasteiger partial charge in [0.15, 0.2) is 0 Å². The number of carbonyl (C=O) groups is 1. The Hall–Kier alpha value is -3.19. The second-order valence-corrected chi connectivity index (χ2v) is 7.66. The molecule has 0 bridgehead atoms. The summed E-state index contributed by atoms with van der Waals surface area (Å²) in [5.41, 5.74) is 0.775. The lowest BCUT2D eigenvalue weighted by molar-refractivity contribution is -0.137. The zero-order chi connectivity index (χ0) is 21.1. The lowest BCUT2D eigenvalue weighted by Crippen LogP contribution is -2.52. The van der Waals surface area contributed by atoms with Crippen LogP contribution in [-0.4, -0.2) is 51.4 Å². The van der Waals surface area contributed by atoms with E-state index in [-0.39, 0.29) is 5.91 Å². The van der Waals surface area contributed by atoms with Gasteiger partial charge in [-0.1, -0.05) is 49.4 Å². The lowest BCUT2D eigenvalue weighted by Gasteiger charge is -2.36. The Labute approximate surface area is 174 Å². The van der Waals surface area contributed by atoms with Crippen molar-refractivity contribution in [3.63, 3.8) is 0 Å². The molecule has 7 nitrogen and oxygen atoms in total. The van der Waals surface area contributed by atoms with Gasteiger partial charge in [-0.3, -0.25) is 14.5 Å². The number of aromatic nitrogens is 2. The third-order valence-corrected chi connectivity index (χ3v) is 5.75. The van der Waals surface area contributed by atoms with Crippen molar-refractivity contribution in [2.45, 2.75) is 25.9 Å². The molecule has 0 radical (unpaired) electrons. The highest BCUT2D eigenvalue weighted by Gasteiger charge is 2.29. The molecular weight excluding hydrogens is 380 g/mol. The third kappa shape index (κ3) is 3.93. The van der Waals surface area contributed by atoms with Gasteiger partial charge in [0.05, 0.1) is 10.9 Å². The van der Waals surface area contributed by atoms with Crippen LogP contribution in [0.4, 0.5) is 0 Å². The zero-order valence-electron chi connectivity index (χ0n) is 17.1. The molecule has 7 heteroatoms. The first-order valence-electron chi connectivity index (χ1n) is 10.4. The van der Waals surface area contributed by atoms with Crippen molar-refractivity contribution in [1.29, 1.82) is 0 Å². The molecule has 2 heterocycles. The van der Waals surface area contributed by atoms with E-state index in [1.165, 1.54) is 5.56 Å². The number of rotatable bonds is 5. The van der Waals surface area contributed by atoms with Crippen molar-refractivity contribution >= 4 is 16.8 Å². The topological polar surface area (TPSA) is 78.4 Å². The summed E-state index contributed by atoms with van der Waals surface area (Å²) in [7, 11) is 0. The molecule has 1 aromatic heterocycles. The molecule has 1 saturated heterocycles. The molecule has 4 rings (SSSR count). The molecule has 0 spiro atoms. The van der Waals surface area contributed by atoms with Crippen molar-refractivity contribution in [3.05, 3.63) is 81.0 Å². The maximum atomic E-state index is 13.2. The minimum absolute atomic E-state index is 0.167. The molecule has 0 saturated carbocycles. The van der Waals surface area contributed by atoms with Crippen LogP contribution < -0.4 is 11.2 Å². The molecule has 1 unspecified atom stereocenters. The van der Waals surface area contributed by atoms with Gasteiger partial charge in [-0.15, -0.1) is 0 Å². The van der Waals surface area contributed by atoms with Crippen molar-refractivity contribution in [3.8, 4) is 0 Å². The summed E-state index contributed by atoms with van der Waals surface area (Å²) < 4.78 is 1.08. The summed E-state index contributed by atoms with van der Waals surface area (Å²) in [6, 6.07) is 16.3. The molecular formula is C23H26N4O3. The molecule has 1 fully saturated rings. The number of piperazine rings is 1. The molecule has 2 aromatic carbocycles. The number of nitrogens with zero attached hydrogens (tertiary/aromatic N) is 3. The van der Waals surface area contributed by atoms with E-state index in [2.05, 4.69) is 22.0 Å². The van der Waals surface area contributed by atoms with E-state index >= 15 is 0 Å². The molecule has 156 valence electrons. The van der Waals surface area contributed by atoms with E-state index in [0.29, 0.717) is 30.4 Å². The summed E-state index contributed by atoms with van der Waals surface area (Å²) >= 11 is 0. The standard InChI is InChI=1S/C23H26N4O3/c1-2-20(27-21(28)18-10-6-7-11-19(18)24-23(27)30)22(29)26-14-12-25(13-15-26)16-17-8-4-3-5-9-17/h3-11,20H,2,12-16H2,1H3,(H,24,30). The second kappa shape index (κ2) is 8.67. The largest absolute Gasteiger partial charge is 0.338 e. The molecule has 1 N–H and O–H groups in total. The highest BCUT2D eigenvalue weighted by molar-refractivity contribution is 5.82. The first-order chi connectivity index (χ1) is 14.6. The summed E-state index contributed by atoms with van der Waals surface area (Å²) in [6.07, 6.45) is 0.379.